The number of carbonyl (C=O) groups is 1. The third kappa shape index (κ3) is 4.63. The number of hydrogen-bond acceptors (Lipinski definition) is 3. The van der Waals surface area contributed by atoms with Crippen LogP contribution in [-0.2, 0) is 17.9 Å². The molecule has 0 bridgehead atoms. The maximum absolute atomic E-state index is 13.9. The number of nitrogens with zero attached hydrogens (tertiary/aromatic N) is 4. The Bertz CT molecular complexity index is 922. The van der Waals surface area contributed by atoms with E-state index in [2.05, 4.69) is 31.4 Å². The van der Waals surface area contributed by atoms with Crippen LogP contribution in [0.4, 0.5) is 10.2 Å². The van der Waals surface area contributed by atoms with E-state index in [0.717, 1.165) is 4.47 Å². The molecule has 0 fully saturated rings. The number of benzene rings is 1. The van der Waals surface area contributed by atoms with E-state index in [9.17, 15) is 9.18 Å². The fourth-order valence-corrected chi connectivity index (χ4v) is 3.03. The Kier molecular flexibility index (Phi) is 5.95. The molecule has 0 spiro atoms. The Morgan fingerprint density at radius 2 is 2.04 bits per heavy atom. The average Bonchev–Trinajstić information content (AvgIpc) is 3.15. The minimum atomic E-state index is -0.430. The van der Waals surface area contributed by atoms with Gasteiger partial charge in [-0.1, -0.05) is 29.3 Å². The van der Waals surface area contributed by atoms with Gasteiger partial charge in [0.2, 0.25) is 5.91 Å². The fourth-order valence-electron chi connectivity index (χ4n) is 2.28. The fraction of sp³-hybridized carbons (Fsp3) is 0.188. The summed E-state index contributed by atoms with van der Waals surface area (Å²) in [5.74, 6) is -0.474. The zero-order valence-electron chi connectivity index (χ0n) is 13.3. The highest BCUT2D eigenvalue weighted by molar-refractivity contribution is 9.10. The van der Waals surface area contributed by atoms with Gasteiger partial charge in [-0.3, -0.25) is 14.2 Å². The van der Waals surface area contributed by atoms with Crippen LogP contribution in [0.2, 0.25) is 10.0 Å². The first-order valence-corrected chi connectivity index (χ1v) is 9.11. The van der Waals surface area contributed by atoms with Crippen LogP contribution in [0.3, 0.4) is 0 Å². The van der Waals surface area contributed by atoms with Crippen LogP contribution in [0.5, 0.6) is 0 Å². The molecule has 1 amide bonds. The van der Waals surface area contributed by atoms with Crippen LogP contribution in [0, 0.1) is 5.82 Å². The lowest BCUT2D eigenvalue weighted by Gasteiger charge is -2.06. The van der Waals surface area contributed by atoms with Crippen molar-refractivity contribution < 1.29 is 9.18 Å². The van der Waals surface area contributed by atoms with Gasteiger partial charge in [-0.05, 0) is 28.1 Å². The quantitative estimate of drug-likeness (QED) is 0.594. The van der Waals surface area contributed by atoms with Gasteiger partial charge in [-0.25, -0.2) is 4.39 Å². The summed E-state index contributed by atoms with van der Waals surface area (Å²) in [6.45, 7) is 0.517. The molecule has 26 heavy (non-hydrogen) atoms. The second-order valence-electron chi connectivity index (χ2n) is 5.44. The predicted molar refractivity (Wildman–Crippen MR) is 101 cm³/mol. The lowest BCUT2D eigenvalue weighted by atomic mass is 10.2. The van der Waals surface area contributed by atoms with Gasteiger partial charge in [-0.15, -0.1) is 0 Å². The van der Waals surface area contributed by atoms with E-state index in [4.69, 9.17) is 23.2 Å². The largest absolute Gasteiger partial charge is 0.308 e. The van der Waals surface area contributed by atoms with Crippen LogP contribution in [-0.4, -0.2) is 25.5 Å². The van der Waals surface area contributed by atoms with Crippen molar-refractivity contribution >= 4 is 50.9 Å². The molecule has 0 aliphatic rings. The van der Waals surface area contributed by atoms with Gasteiger partial charge in [0.1, 0.15) is 10.8 Å². The molecule has 0 atom stereocenters. The van der Waals surface area contributed by atoms with Gasteiger partial charge in [0, 0.05) is 35.9 Å². The van der Waals surface area contributed by atoms with E-state index in [1.165, 1.54) is 23.0 Å². The third-order valence-corrected chi connectivity index (χ3v) is 4.57. The molecule has 3 aromatic rings. The number of rotatable bonds is 6. The molecule has 0 radical (unpaired) electrons. The van der Waals surface area contributed by atoms with Gasteiger partial charge in [0.05, 0.1) is 17.2 Å². The summed E-state index contributed by atoms with van der Waals surface area (Å²) >= 11 is 15.4. The second kappa shape index (κ2) is 8.20. The summed E-state index contributed by atoms with van der Waals surface area (Å²) in [6.07, 6.45) is 5.12. The minimum Gasteiger partial charge on any atom is -0.308 e. The Hall–Kier alpha value is -1.90. The highest BCUT2D eigenvalue weighted by Crippen LogP contribution is 2.23. The van der Waals surface area contributed by atoms with Crippen molar-refractivity contribution in [3.8, 4) is 0 Å². The summed E-state index contributed by atoms with van der Waals surface area (Å²) in [6, 6.07) is 4.45. The lowest BCUT2D eigenvalue weighted by molar-refractivity contribution is -0.116. The summed E-state index contributed by atoms with van der Waals surface area (Å²) in [5, 5.41) is 11.5. The van der Waals surface area contributed by atoms with Gasteiger partial charge >= 0.3 is 0 Å². The maximum atomic E-state index is 13.9. The minimum absolute atomic E-state index is 0.0996. The van der Waals surface area contributed by atoms with Crippen LogP contribution < -0.4 is 5.32 Å². The summed E-state index contributed by atoms with van der Waals surface area (Å²) in [4.78, 5) is 12.1. The molecular formula is C16H13BrCl2FN5O. The standard InChI is InChI=1S/C16H13BrCl2FN5O/c17-10-6-21-24(7-10)5-4-15(26)22-16-13(19)9-25(23-16)8-11-12(18)2-1-3-14(11)20/h1-3,6-7,9H,4-5,8H2,(H,22,23,26). The predicted octanol–water partition coefficient (Wildman–Crippen LogP) is 4.37. The molecule has 10 heteroatoms. The van der Waals surface area contributed by atoms with Crippen molar-refractivity contribution in [3.63, 3.8) is 0 Å². The lowest BCUT2D eigenvalue weighted by Crippen LogP contribution is -2.15. The molecule has 0 saturated carbocycles. The Morgan fingerprint density at radius 1 is 1.23 bits per heavy atom. The Labute approximate surface area is 167 Å². The van der Waals surface area contributed by atoms with Crippen LogP contribution in [0.1, 0.15) is 12.0 Å². The molecule has 3 rings (SSSR count). The van der Waals surface area contributed by atoms with Crippen molar-refractivity contribution in [3.05, 3.63) is 62.7 Å². The number of nitrogens with one attached hydrogen (secondary N) is 1. The molecule has 1 aromatic carbocycles. The molecule has 136 valence electrons. The van der Waals surface area contributed by atoms with Crippen molar-refractivity contribution in [2.24, 2.45) is 0 Å². The van der Waals surface area contributed by atoms with E-state index in [1.54, 1.807) is 23.1 Å². The number of carbonyl (C=O) groups excluding carboxylic acids is 1. The molecular weight excluding hydrogens is 448 g/mol. The molecule has 0 unspecified atom stereocenters. The number of aromatic nitrogens is 4. The van der Waals surface area contributed by atoms with Crippen molar-refractivity contribution in [1.29, 1.82) is 0 Å². The Morgan fingerprint density at radius 3 is 2.73 bits per heavy atom. The molecule has 1 N–H and O–H groups in total. The van der Waals surface area contributed by atoms with Crippen LogP contribution in [0.15, 0.2) is 41.3 Å². The number of anilines is 1. The van der Waals surface area contributed by atoms with Crippen molar-refractivity contribution in [2.75, 3.05) is 5.32 Å². The second-order valence-corrected chi connectivity index (χ2v) is 7.17. The van der Waals surface area contributed by atoms with E-state index in [1.807, 2.05) is 0 Å². The van der Waals surface area contributed by atoms with E-state index in [-0.39, 0.29) is 29.7 Å². The van der Waals surface area contributed by atoms with Gasteiger partial charge in [-0.2, -0.15) is 10.2 Å². The van der Waals surface area contributed by atoms with Crippen LogP contribution in [0.25, 0.3) is 0 Å². The number of halogens is 4. The Balaban J connectivity index is 1.63. The number of amides is 1. The number of hydrogen-bond donors (Lipinski definition) is 1. The number of aryl methyl sites for hydroxylation is 1. The maximum Gasteiger partial charge on any atom is 0.227 e. The zero-order chi connectivity index (χ0) is 18.7. The summed E-state index contributed by atoms with van der Waals surface area (Å²) < 4.78 is 17.8. The molecule has 2 heterocycles. The van der Waals surface area contributed by atoms with Gasteiger partial charge in [0.25, 0.3) is 0 Å². The van der Waals surface area contributed by atoms with E-state index >= 15 is 0 Å². The van der Waals surface area contributed by atoms with Gasteiger partial charge < -0.3 is 5.32 Å². The topological polar surface area (TPSA) is 64.7 Å². The molecule has 0 aliphatic heterocycles. The molecule has 0 aliphatic carbocycles. The molecule has 0 saturated heterocycles. The highest BCUT2D eigenvalue weighted by atomic mass is 79.9. The summed E-state index contributed by atoms with van der Waals surface area (Å²) in [7, 11) is 0. The third-order valence-electron chi connectivity index (χ3n) is 3.53. The van der Waals surface area contributed by atoms with E-state index in [0.29, 0.717) is 17.1 Å². The normalized spacial score (nSPS) is 10.9. The first kappa shape index (κ1) is 18.9. The van der Waals surface area contributed by atoms with Crippen LogP contribution >= 0.6 is 39.1 Å². The highest BCUT2D eigenvalue weighted by Gasteiger charge is 2.14. The first-order valence-electron chi connectivity index (χ1n) is 7.56. The van der Waals surface area contributed by atoms with E-state index < -0.39 is 5.82 Å². The monoisotopic (exact) mass is 459 g/mol. The van der Waals surface area contributed by atoms with Crippen molar-refractivity contribution in [1.82, 2.24) is 19.6 Å². The smallest absolute Gasteiger partial charge is 0.227 e. The van der Waals surface area contributed by atoms with Crippen molar-refractivity contribution in [2.45, 2.75) is 19.5 Å². The zero-order valence-corrected chi connectivity index (χ0v) is 16.4. The SMILES string of the molecule is O=C(CCn1cc(Br)cn1)Nc1nn(Cc2c(F)cccc2Cl)cc1Cl. The summed E-state index contributed by atoms with van der Waals surface area (Å²) in [5.41, 5.74) is 0.301. The first-order chi connectivity index (χ1) is 12.4. The van der Waals surface area contributed by atoms with Gasteiger partial charge in [0.15, 0.2) is 5.82 Å². The average molecular weight is 461 g/mol. The molecule has 2 aromatic heterocycles. The molecule has 6 nitrogen and oxygen atoms in total.